The molecule has 0 fully saturated rings. The third kappa shape index (κ3) is 5.15. The number of halogens is 1. The first kappa shape index (κ1) is 17.0. The van der Waals surface area contributed by atoms with Crippen molar-refractivity contribution < 1.29 is 4.74 Å². The van der Waals surface area contributed by atoms with Gasteiger partial charge in [0.05, 0.1) is 0 Å². The van der Waals surface area contributed by atoms with E-state index in [0.717, 1.165) is 34.4 Å². The molecule has 0 saturated carbocycles. The summed E-state index contributed by atoms with van der Waals surface area (Å²) in [5, 5.41) is 12.5. The number of rotatable bonds is 7. The molecule has 0 aliphatic heterocycles. The summed E-state index contributed by atoms with van der Waals surface area (Å²) in [6.07, 6.45) is 0.295. The van der Waals surface area contributed by atoms with E-state index in [4.69, 9.17) is 10.00 Å². The van der Waals surface area contributed by atoms with E-state index in [9.17, 15) is 0 Å². The molecule has 110 valence electrons. The van der Waals surface area contributed by atoms with Crippen molar-refractivity contribution in [2.75, 3.05) is 6.54 Å². The number of hydrogen-bond acceptors (Lipinski definition) is 3. The molecule has 0 aliphatic rings. The first-order valence-corrected chi connectivity index (χ1v) is 7.83. The zero-order valence-corrected chi connectivity index (χ0v) is 14.3. The van der Waals surface area contributed by atoms with Crippen molar-refractivity contribution in [2.45, 2.75) is 46.8 Å². The van der Waals surface area contributed by atoms with Crippen molar-refractivity contribution in [3.05, 3.63) is 27.7 Å². The Morgan fingerprint density at radius 1 is 1.40 bits per heavy atom. The number of nitriles is 1. The van der Waals surface area contributed by atoms with Gasteiger partial charge in [0.15, 0.2) is 6.10 Å². The van der Waals surface area contributed by atoms with E-state index in [1.165, 1.54) is 0 Å². The molecular weight excluding hydrogens is 316 g/mol. The van der Waals surface area contributed by atoms with Crippen molar-refractivity contribution in [1.82, 2.24) is 5.32 Å². The normalized spacial score (nSPS) is 12.2. The predicted molar refractivity (Wildman–Crippen MR) is 85.7 cm³/mol. The molecule has 0 aliphatic carbocycles. The van der Waals surface area contributed by atoms with Crippen molar-refractivity contribution in [1.29, 1.82) is 5.26 Å². The number of nitrogens with one attached hydrogen (secondary N) is 1. The van der Waals surface area contributed by atoms with Gasteiger partial charge in [-0.15, -0.1) is 0 Å². The Hall–Kier alpha value is -1.05. The molecule has 0 radical (unpaired) electrons. The SMILES string of the molecule is CCC(C#N)Oc1c(C)cc(Br)cc1CNCC(C)C. The zero-order chi connectivity index (χ0) is 15.1. The van der Waals surface area contributed by atoms with Crippen LogP contribution in [-0.2, 0) is 6.54 Å². The van der Waals surface area contributed by atoms with E-state index in [0.29, 0.717) is 12.3 Å². The summed E-state index contributed by atoms with van der Waals surface area (Å²) in [7, 11) is 0. The second kappa shape index (κ2) is 8.28. The topological polar surface area (TPSA) is 45.0 Å². The lowest BCUT2D eigenvalue weighted by Crippen LogP contribution is -2.21. The summed E-state index contributed by atoms with van der Waals surface area (Å²) in [5.41, 5.74) is 2.14. The molecule has 0 heterocycles. The fraction of sp³-hybridized carbons (Fsp3) is 0.562. The van der Waals surface area contributed by atoms with Crippen LogP contribution in [-0.4, -0.2) is 12.6 Å². The highest BCUT2D eigenvalue weighted by atomic mass is 79.9. The molecule has 1 rings (SSSR count). The maximum absolute atomic E-state index is 9.07. The highest BCUT2D eigenvalue weighted by Crippen LogP contribution is 2.29. The molecule has 1 aromatic carbocycles. The molecule has 1 aromatic rings. The Kier molecular flexibility index (Phi) is 7.04. The van der Waals surface area contributed by atoms with Crippen LogP contribution in [0.15, 0.2) is 16.6 Å². The van der Waals surface area contributed by atoms with Crippen LogP contribution >= 0.6 is 15.9 Å². The summed E-state index contributed by atoms with van der Waals surface area (Å²) in [6.45, 7) is 10.0. The van der Waals surface area contributed by atoms with Crippen LogP contribution in [0.5, 0.6) is 5.75 Å². The quantitative estimate of drug-likeness (QED) is 0.810. The molecule has 1 atom stereocenters. The molecule has 3 nitrogen and oxygen atoms in total. The summed E-state index contributed by atoms with van der Waals surface area (Å²) < 4.78 is 6.90. The number of ether oxygens (including phenoxy) is 1. The van der Waals surface area contributed by atoms with Gasteiger partial charge in [-0.2, -0.15) is 5.26 Å². The second-order valence-corrected chi connectivity index (χ2v) is 6.30. The first-order chi connectivity index (χ1) is 9.47. The number of nitrogens with zero attached hydrogens (tertiary/aromatic N) is 1. The van der Waals surface area contributed by atoms with E-state index in [1.54, 1.807) is 0 Å². The molecule has 4 heteroatoms. The monoisotopic (exact) mass is 338 g/mol. The number of benzene rings is 1. The third-order valence-electron chi connectivity index (χ3n) is 2.96. The van der Waals surface area contributed by atoms with Crippen LogP contribution in [0.4, 0.5) is 0 Å². The Balaban J connectivity index is 2.93. The molecule has 0 amide bonds. The summed E-state index contributed by atoms with van der Waals surface area (Å²) in [5.74, 6) is 1.44. The fourth-order valence-corrected chi connectivity index (χ4v) is 2.56. The second-order valence-electron chi connectivity index (χ2n) is 5.38. The van der Waals surface area contributed by atoms with Gasteiger partial charge in [0.2, 0.25) is 0 Å². The lowest BCUT2D eigenvalue weighted by Gasteiger charge is -2.18. The van der Waals surface area contributed by atoms with Gasteiger partial charge in [-0.05, 0) is 43.5 Å². The van der Waals surface area contributed by atoms with Crippen molar-refractivity contribution in [2.24, 2.45) is 5.92 Å². The van der Waals surface area contributed by atoms with Crippen LogP contribution < -0.4 is 10.1 Å². The largest absolute Gasteiger partial charge is 0.475 e. The maximum atomic E-state index is 9.07. The lowest BCUT2D eigenvalue weighted by atomic mass is 10.1. The molecule has 0 saturated heterocycles. The van der Waals surface area contributed by atoms with Gasteiger partial charge in [0, 0.05) is 16.6 Å². The smallest absolute Gasteiger partial charge is 0.184 e. The van der Waals surface area contributed by atoms with Crippen LogP contribution in [0.1, 0.15) is 38.3 Å². The van der Waals surface area contributed by atoms with Gasteiger partial charge in [-0.3, -0.25) is 0 Å². The predicted octanol–water partition coefficient (Wildman–Crippen LogP) is 4.18. The molecule has 1 unspecified atom stereocenters. The van der Waals surface area contributed by atoms with Gasteiger partial charge in [0.1, 0.15) is 11.8 Å². The minimum Gasteiger partial charge on any atom is -0.475 e. The number of aryl methyl sites for hydroxylation is 1. The van der Waals surface area contributed by atoms with E-state index >= 15 is 0 Å². The van der Waals surface area contributed by atoms with E-state index in [-0.39, 0.29) is 0 Å². The zero-order valence-electron chi connectivity index (χ0n) is 12.7. The minimum atomic E-state index is -0.390. The molecule has 0 spiro atoms. The third-order valence-corrected chi connectivity index (χ3v) is 3.42. The summed E-state index contributed by atoms with van der Waals surface area (Å²) in [6, 6.07) is 6.26. The lowest BCUT2D eigenvalue weighted by molar-refractivity contribution is 0.247. The summed E-state index contributed by atoms with van der Waals surface area (Å²) in [4.78, 5) is 0. The average molecular weight is 339 g/mol. The Bertz CT molecular complexity index is 480. The van der Waals surface area contributed by atoms with Crippen LogP contribution in [0, 0.1) is 24.2 Å². The molecule has 0 aromatic heterocycles. The first-order valence-electron chi connectivity index (χ1n) is 7.03. The van der Waals surface area contributed by atoms with Crippen LogP contribution in [0.25, 0.3) is 0 Å². The van der Waals surface area contributed by atoms with Crippen molar-refractivity contribution in [3.63, 3.8) is 0 Å². The Labute approximate surface area is 130 Å². The minimum absolute atomic E-state index is 0.390. The van der Waals surface area contributed by atoms with E-state index in [1.807, 2.05) is 19.9 Å². The summed E-state index contributed by atoms with van der Waals surface area (Å²) >= 11 is 3.52. The van der Waals surface area contributed by atoms with Crippen molar-refractivity contribution >= 4 is 15.9 Å². The van der Waals surface area contributed by atoms with Crippen molar-refractivity contribution in [3.8, 4) is 11.8 Å². The van der Waals surface area contributed by atoms with Gasteiger partial charge < -0.3 is 10.1 Å². The van der Waals surface area contributed by atoms with Crippen LogP contribution in [0.3, 0.4) is 0 Å². The average Bonchev–Trinajstić information content (AvgIpc) is 2.37. The standard InChI is InChI=1S/C16H23BrN2O/c1-5-15(8-18)20-16-12(4)6-14(17)7-13(16)10-19-9-11(2)3/h6-7,11,15,19H,5,9-10H2,1-4H3. The maximum Gasteiger partial charge on any atom is 0.184 e. The van der Waals surface area contributed by atoms with E-state index < -0.39 is 6.10 Å². The number of hydrogen-bond donors (Lipinski definition) is 1. The highest BCUT2D eigenvalue weighted by molar-refractivity contribution is 9.10. The van der Waals surface area contributed by atoms with Gasteiger partial charge in [-0.25, -0.2) is 0 Å². The Morgan fingerprint density at radius 2 is 2.10 bits per heavy atom. The fourth-order valence-electron chi connectivity index (χ4n) is 1.94. The molecule has 0 bridgehead atoms. The van der Waals surface area contributed by atoms with E-state index in [2.05, 4.69) is 47.2 Å². The van der Waals surface area contributed by atoms with Gasteiger partial charge in [-0.1, -0.05) is 36.7 Å². The van der Waals surface area contributed by atoms with Crippen LogP contribution in [0.2, 0.25) is 0 Å². The van der Waals surface area contributed by atoms with Gasteiger partial charge in [0.25, 0.3) is 0 Å². The molecular formula is C16H23BrN2O. The van der Waals surface area contributed by atoms with Gasteiger partial charge >= 0.3 is 0 Å². The Morgan fingerprint density at radius 3 is 2.65 bits per heavy atom. The highest BCUT2D eigenvalue weighted by Gasteiger charge is 2.14. The molecule has 20 heavy (non-hydrogen) atoms. The molecule has 1 N–H and O–H groups in total.